The van der Waals surface area contributed by atoms with E-state index in [1.165, 1.54) is 5.56 Å². The highest BCUT2D eigenvalue weighted by atomic mass is 35.5. The molecule has 2 aromatic rings. The first-order chi connectivity index (χ1) is 10.0. The van der Waals surface area contributed by atoms with Crippen LogP contribution in [0.5, 0.6) is 0 Å². The summed E-state index contributed by atoms with van der Waals surface area (Å²) in [6.07, 6.45) is 0. The third kappa shape index (κ3) is 2.47. The first kappa shape index (κ1) is 14.5. The van der Waals surface area contributed by atoms with E-state index in [1.807, 2.05) is 49.5 Å². The van der Waals surface area contributed by atoms with Gasteiger partial charge in [0.25, 0.3) is 0 Å². The predicted molar refractivity (Wildman–Crippen MR) is 86.9 cm³/mol. The second-order valence-corrected chi connectivity index (χ2v) is 6.25. The molecule has 0 saturated carbocycles. The molecular weight excluding hydrogens is 282 g/mol. The summed E-state index contributed by atoms with van der Waals surface area (Å²) in [7, 11) is 2.04. The van der Waals surface area contributed by atoms with Gasteiger partial charge in [-0.3, -0.25) is 0 Å². The van der Waals surface area contributed by atoms with Gasteiger partial charge in [-0.2, -0.15) is 0 Å². The van der Waals surface area contributed by atoms with Gasteiger partial charge in [0.2, 0.25) is 0 Å². The van der Waals surface area contributed by atoms with Crippen LogP contribution in [0.1, 0.15) is 24.1 Å². The molecule has 0 spiro atoms. The molecule has 1 aliphatic rings. The van der Waals surface area contributed by atoms with Crippen LogP contribution in [0.4, 0.5) is 0 Å². The van der Waals surface area contributed by atoms with E-state index in [-0.39, 0.29) is 17.6 Å². The van der Waals surface area contributed by atoms with Crippen molar-refractivity contribution in [3.63, 3.8) is 0 Å². The van der Waals surface area contributed by atoms with E-state index >= 15 is 0 Å². The molecule has 0 radical (unpaired) electrons. The molecule has 110 valence electrons. The predicted octanol–water partition coefficient (Wildman–Crippen LogP) is 3.07. The zero-order chi connectivity index (χ0) is 15.0. The highest BCUT2D eigenvalue weighted by molar-refractivity contribution is 6.30. The number of nitrogens with one attached hydrogen (secondary N) is 1. The zero-order valence-corrected chi connectivity index (χ0v) is 13.0. The van der Waals surface area contributed by atoms with Crippen molar-refractivity contribution in [2.45, 2.75) is 24.5 Å². The molecule has 0 amide bonds. The molecule has 3 atom stereocenters. The fraction of sp³-hybridized carbons (Fsp3) is 0.294. The Morgan fingerprint density at radius 1 is 1.10 bits per heavy atom. The molecule has 3 nitrogen and oxygen atoms in total. The molecule has 3 N–H and O–H groups in total. The summed E-state index contributed by atoms with van der Waals surface area (Å²) in [6, 6.07) is 18.3. The lowest BCUT2D eigenvalue weighted by atomic mass is 9.82. The van der Waals surface area contributed by atoms with Gasteiger partial charge in [0.15, 0.2) is 0 Å². The van der Waals surface area contributed by atoms with Gasteiger partial charge in [-0.05, 0) is 30.2 Å². The smallest absolute Gasteiger partial charge is 0.0716 e. The highest BCUT2D eigenvalue weighted by Crippen LogP contribution is 2.39. The second kappa shape index (κ2) is 5.43. The minimum Gasteiger partial charge on any atom is -0.324 e. The van der Waals surface area contributed by atoms with Crippen LogP contribution in [0.2, 0.25) is 5.02 Å². The molecule has 1 heterocycles. The van der Waals surface area contributed by atoms with Crippen molar-refractivity contribution in [2.75, 3.05) is 7.05 Å². The Hall–Kier alpha value is -1.39. The van der Waals surface area contributed by atoms with Crippen molar-refractivity contribution in [3.05, 3.63) is 70.7 Å². The summed E-state index contributed by atoms with van der Waals surface area (Å²) in [5.41, 5.74) is 12.2. The normalized spacial score (nSPS) is 29.7. The fourth-order valence-corrected chi connectivity index (χ4v) is 3.33. The maximum absolute atomic E-state index is 6.61. The van der Waals surface area contributed by atoms with Gasteiger partial charge < -0.3 is 5.73 Å². The molecule has 0 aromatic heterocycles. The second-order valence-electron chi connectivity index (χ2n) is 5.81. The number of benzene rings is 2. The lowest BCUT2D eigenvalue weighted by Crippen LogP contribution is -2.48. The first-order valence-corrected chi connectivity index (χ1v) is 7.47. The van der Waals surface area contributed by atoms with Gasteiger partial charge in [0, 0.05) is 18.1 Å². The van der Waals surface area contributed by atoms with Crippen LogP contribution in [-0.2, 0) is 5.54 Å². The summed E-state index contributed by atoms with van der Waals surface area (Å²) in [5.74, 6) is 0. The molecule has 0 bridgehead atoms. The van der Waals surface area contributed by atoms with Gasteiger partial charge in [-0.25, -0.2) is 10.4 Å². The lowest BCUT2D eigenvalue weighted by molar-refractivity contribution is 0.206. The summed E-state index contributed by atoms with van der Waals surface area (Å²) in [6.45, 7) is 2.14. The van der Waals surface area contributed by atoms with Crippen LogP contribution in [0.25, 0.3) is 0 Å². The topological polar surface area (TPSA) is 41.3 Å². The third-order valence-corrected chi connectivity index (χ3v) is 4.67. The van der Waals surface area contributed by atoms with Crippen molar-refractivity contribution in [1.29, 1.82) is 0 Å². The number of halogens is 1. The zero-order valence-electron chi connectivity index (χ0n) is 12.3. The third-order valence-electron chi connectivity index (χ3n) is 4.42. The molecule has 1 saturated heterocycles. The van der Waals surface area contributed by atoms with Crippen LogP contribution in [0.3, 0.4) is 0 Å². The Morgan fingerprint density at radius 3 is 2.33 bits per heavy atom. The van der Waals surface area contributed by atoms with Crippen molar-refractivity contribution < 1.29 is 0 Å². The Morgan fingerprint density at radius 2 is 1.71 bits per heavy atom. The van der Waals surface area contributed by atoms with Crippen LogP contribution < -0.4 is 11.2 Å². The maximum Gasteiger partial charge on any atom is 0.0716 e. The average molecular weight is 302 g/mol. The van der Waals surface area contributed by atoms with E-state index < -0.39 is 0 Å². The number of hydrogen-bond donors (Lipinski definition) is 2. The SMILES string of the molecule is CN1N[C@](C)(c2ccc(Cl)cc2)[C@H](N)[C@H]1c1ccccc1. The number of hydrazine groups is 1. The van der Waals surface area contributed by atoms with E-state index in [2.05, 4.69) is 29.5 Å². The van der Waals surface area contributed by atoms with Gasteiger partial charge in [-0.15, -0.1) is 0 Å². The Labute approximate surface area is 130 Å². The summed E-state index contributed by atoms with van der Waals surface area (Å²) in [5, 5.41) is 2.84. The molecule has 0 aliphatic carbocycles. The monoisotopic (exact) mass is 301 g/mol. The fourth-order valence-electron chi connectivity index (χ4n) is 3.20. The molecule has 2 aromatic carbocycles. The number of likely N-dealkylation sites (N-methyl/N-ethyl adjacent to an activating group) is 1. The molecule has 3 rings (SSSR count). The minimum atomic E-state index is -0.320. The standard InChI is InChI=1S/C17H20ClN3/c1-17(13-8-10-14(18)11-9-13)16(19)15(21(2)20-17)12-6-4-3-5-7-12/h3-11,15-16,20H,19H2,1-2H3/t15-,16-,17-/m1/s1. The molecule has 1 aliphatic heterocycles. The largest absolute Gasteiger partial charge is 0.324 e. The number of nitrogens with two attached hydrogens (primary N) is 1. The molecule has 1 fully saturated rings. The van der Waals surface area contributed by atoms with Crippen LogP contribution in [0.15, 0.2) is 54.6 Å². The Bertz CT molecular complexity index is 614. The van der Waals surface area contributed by atoms with Crippen molar-refractivity contribution in [2.24, 2.45) is 5.73 Å². The Balaban J connectivity index is 1.97. The van der Waals surface area contributed by atoms with Crippen LogP contribution in [-0.4, -0.2) is 18.1 Å². The Kier molecular flexibility index (Phi) is 3.76. The van der Waals surface area contributed by atoms with Crippen molar-refractivity contribution >= 4 is 11.6 Å². The summed E-state index contributed by atoms with van der Waals surface area (Å²) in [4.78, 5) is 0. The van der Waals surface area contributed by atoms with Crippen LogP contribution >= 0.6 is 11.6 Å². The van der Waals surface area contributed by atoms with E-state index in [0.717, 1.165) is 10.6 Å². The van der Waals surface area contributed by atoms with Gasteiger partial charge >= 0.3 is 0 Å². The van der Waals surface area contributed by atoms with Crippen molar-refractivity contribution in [1.82, 2.24) is 10.4 Å². The maximum atomic E-state index is 6.61. The molecule has 4 heteroatoms. The van der Waals surface area contributed by atoms with Crippen molar-refractivity contribution in [3.8, 4) is 0 Å². The number of nitrogens with zero attached hydrogens (tertiary/aromatic N) is 1. The highest BCUT2D eigenvalue weighted by Gasteiger charge is 2.47. The minimum absolute atomic E-state index is 0.0638. The molecular formula is C17H20ClN3. The quantitative estimate of drug-likeness (QED) is 0.896. The van der Waals surface area contributed by atoms with Crippen LogP contribution in [0, 0.1) is 0 Å². The van der Waals surface area contributed by atoms with Gasteiger partial charge in [0.05, 0.1) is 11.6 Å². The molecule has 0 unspecified atom stereocenters. The summed E-state index contributed by atoms with van der Waals surface area (Å²) < 4.78 is 0. The van der Waals surface area contributed by atoms with E-state index in [0.29, 0.717) is 0 Å². The van der Waals surface area contributed by atoms with Gasteiger partial charge in [-0.1, -0.05) is 54.1 Å². The first-order valence-electron chi connectivity index (χ1n) is 7.09. The van der Waals surface area contributed by atoms with E-state index in [1.54, 1.807) is 0 Å². The number of rotatable bonds is 2. The lowest BCUT2D eigenvalue weighted by Gasteiger charge is -2.30. The molecule has 21 heavy (non-hydrogen) atoms. The summed E-state index contributed by atoms with van der Waals surface area (Å²) >= 11 is 5.99. The number of hydrogen-bond acceptors (Lipinski definition) is 3. The average Bonchev–Trinajstić information content (AvgIpc) is 2.71. The van der Waals surface area contributed by atoms with E-state index in [4.69, 9.17) is 17.3 Å². The van der Waals surface area contributed by atoms with E-state index in [9.17, 15) is 0 Å². The van der Waals surface area contributed by atoms with Gasteiger partial charge in [0.1, 0.15) is 0 Å².